The van der Waals surface area contributed by atoms with Crippen LogP contribution in [0.1, 0.15) is 38.3 Å². The van der Waals surface area contributed by atoms with Gasteiger partial charge in [-0.2, -0.15) is 0 Å². The second kappa shape index (κ2) is 8.27. The van der Waals surface area contributed by atoms with Crippen LogP contribution in [0.3, 0.4) is 0 Å². The van der Waals surface area contributed by atoms with Crippen LogP contribution in [0.25, 0.3) is 11.1 Å². The van der Waals surface area contributed by atoms with E-state index in [4.69, 9.17) is 4.74 Å². The fourth-order valence-corrected chi connectivity index (χ4v) is 7.24. The molecule has 4 atom stereocenters. The summed E-state index contributed by atoms with van der Waals surface area (Å²) in [6.07, 6.45) is 0.444. The van der Waals surface area contributed by atoms with E-state index in [9.17, 15) is 14.4 Å². The molecule has 1 aliphatic heterocycles. The van der Waals surface area contributed by atoms with E-state index in [1.165, 1.54) is 4.90 Å². The van der Waals surface area contributed by atoms with Gasteiger partial charge in [0.25, 0.3) is 0 Å². The first kappa shape index (κ1) is 23.4. The highest BCUT2D eigenvalue weighted by Gasteiger charge is 2.79. The van der Waals surface area contributed by atoms with Crippen molar-refractivity contribution in [1.82, 2.24) is 0 Å². The normalized spacial score (nSPS) is 28.3. The van der Waals surface area contributed by atoms with E-state index < -0.39 is 22.7 Å². The fourth-order valence-electron chi connectivity index (χ4n) is 7.24. The minimum absolute atomic E-state index is 0.0109. The Balaban J connectivity index is 1.58. The van der Waals surface area contributed by atoms with Gasteiger partial charge in [0.15, 0.2) is 5.78 Å². The first-order chi connectivity index (χ1) is 17.9. The number of anilines is 1. The lowest BCUT2D eigenvalue weighted by Gasteiger charge is -2.37. The molecule has 0 unspecified atom stereocenters. The number of imide groups is 1. The summed E-state index contributed by atoms with van der Waals surface area (Å²) in [5.41, 5.74) is 1.95. The standard InChI is InChI=1S/C32H29NO4/c1-4-32-25(21-14-10-7-11-15-21)24(20-12-8-6-9-13-20)31(3,30(32)36)26-27(32)29(35)33(28(26)34)22-16-18-23(19-17-22)37-5-2/h6-19,26-27H,4-5H2,1-3H3/t26-,27-,31-,32-/m0/s1. The van der Waals surface area contributed by atoms with Gasteiger partial charge >= 0.3 is 0 Å². The summed E-state index contributed by atoms with van der Waals surface area (Å²) in [4.78, 5) is 44.1. The van der Waals surface area contributed by atoms with Crippen LogP contribution in [0.4, 0.5) is 5.69 Å². The Bertz CT molecular complexity index is 1440. The highest BCUT2D eigenvalue weighted by molar-refractivity contribution is 6.34. The van der Waals surface area contributed by atoms with Crippen LogP contribution in [0.15, 0.2) is 84.9 Å². The smallest absolute Gasteiger partial charge is 0.239 e. The highest BCUT2D eigenvalue weighted by atomic mass is 16.5. The summed E-state index contributed by atoms with van der Waals surface area (Å²) in [5, 5.41) is 0. The van der Waals surface area contributed by atoms with Crippen LogP contribution in [0.2, 0.25) is 0 Å². The van der Waals surface area contributed by atoms with Crippen LogP contribution in [-0.4, -0.2) is 24.2 Å². The predicted molar refractivity (Wildman–Crippen MR) is 143 cm³/mol. The second-order valence-electron chi connectivity index (χ2n) is 10.2. The van der Waals surface area contributed by atoms with Crippen molar-refractivity contribution >= 4 is 34.4 Å². The number of hydrogen-bond acceptors (Lipinski definition) is 4. The maximum atomic E-state index is 14.5. The van der Waals surface area contributed by atoms with E-state index in [2.05, 4.69) is 0 Å². The molecule has 0 spiro atoms. The summed E-state index contributed by atoms with van der Waals surface area (Å²) >= 11 is 0. The van der Waals surface area contributed by atoms with Gasteiger partial charge in [-0.05, 0) is 66.8 Å². The maximum Gasteiger partial charge on any atom is 0.239 e. The number of amides is 2. The minimum atomic E-state index is -1.11. The number of allylic oxidation sites excluding steroid dienone is 2. The Kier molecular flexibility index (Phi) is 5.23. The molecule has 2 amide bonds. The number of carbonyl (C=O) groups is 3. The molecule has 2 fully saturated rings. The number of fused-ring (bicyclic) bond motifs is 5. The maximum absolute atomic E-state index is 14.5. The lowest BCUT2D eigenvalue weighted by Crippen LogP contribution is -2.41. The second-order valence-corrected chi connectivity index (χ2v) is 10.2. The first-order valence-electron chi connectivity index (χ1n) is 12.9. The summed E-state index contributed by atoms with van der Waals surface area (Å²) in [6, 6.07) is 26.8. The van der Waals surface area contributed by atoms with Crippen LogP contribution < -0.4 is 9.64 Å². The van der Waals surface area contributed by atoms with Gasteiger partial charge in [0.1, 0.15) is 5.75 Å². The Morgan fingerprint density at radius 2 is 1.27 bits per heavy atom. The van der Waals surface area contributed by atoms with Gasteiger partial charge in [0.05, 0.1) is 35.0 Å². The molecule has 186 valence electrons. The number of hydrogen-bond donors (Lipinski definition) is 0. The number of nitrogens with zero attached hydrogens (tertiary/aromatic N) is 1. The van der Waals surface area contributed by atoms with Crippen LogP contribution >= 0.6 is 0 Å². The van der Waals surface area contributed by atoms with Crippen LogP contribution in [0, 0.1) is 22.7 Å². The lowest BCUT2D eigenvalue weighted by atomic mass is 9.62. The van der Waals surface area contributed by atoms with E-state index in [0.717, 1.165) is 22.3 Å². The molecule has 0 aromatic heterocycles. The van der Waals surface area contributed by atoms with Crippen molar-refractivity contribution in [2.75, 3.05) is 11.5 Å². The van der Waals surface area contributed by atoms with Crippen molar-refractivity contribution in [1.29, 1.82) is 0 Å². The van der Waals surface area contributed by atoms with Crippen molar-refractivity contribution in [3.8, 4) is 5.75 Å². The largest absolute Gasteiger partial charge is 0.494 e. The van der Waals surface area contributed by atoms with E-state index in [0.29, 0.717) is 24.5 Å². The summed E-state index contributed by atoms with van der Waals surface area (Å²) < 4.78 is 5.55. The molecule has 37 heavy (non-hydrogen) atoms. The SMILES string of the molecule is CCOc1ccc(N2C(=O)[C@@H]3[C@@H](C2=O)[C@@]2(CC)C(=O)[C@@]3(C)C(c3ccccc3)=C2c2ccccc2)cc1. The van der Waals surface area contributed by atoms with Crippen LogP contribution in [0.5, 0.6) is 5.75 Å². The zero-order valence-corrected chi connectivity index (χ0v) is 21.2. The predicted octanol–water partition coefficient (Wildman–Crippen LogP) is 5.80. The third kappa shape index (κ3) is 2.88. The topological polar surface area (TPSA) is 63.7 Å². The van der Waals surface area contributed by atoms with Crippen molar-refractivity contribution in [3.63, 3.8) is 0 Å². The molecule has 5 nitrogen and oxygen atoms in total. The first-order valence-corrected chi connectivity index (χ1v) is 12.9. The van der Waals surface area contributed by atoms with Gasteiger partial charge in [-0.1, -0.05) is 67.6 Å². The van der Waals surface area contributed by atoms with E-state index >= 15 is 0 Å². The van der Waals surface area contributed by atoms with Gasteiger partial charge in [0.2, 0.25) is 11.8 Å². The highest BCUT2D eigenvalue weighted by Crippen LogP contribution is 2.74. The lowest BCUT2D eigenvalue weighted by molar-refractivity contribution is -0.134. The zero-order chi connectivity index (χ0) is 25.9. The zero-order valence-electron chi connectivity index (χ0n) is 21.2. The minimum Gasteiger partial charge on any atom is -0.494 e. The van der Waals surface area contributed by atoms with E-state index in [1.54, 1.807) is 24.3 Å². The molecule has 6 rings (SSSR count). The summed E-state index contributed by atoms with van der Waals surface area (Å²) in [5.74, 6) is -1.41. The molecular formula is C32H29NO4. The van der Waals surface area contributed by atoms with Crippen molar-refractivity contribution in [3.05, 3.63) is 96.1 Å². The third-order valence-electron chi connectivity index (χ3n) is 8.64. The molecule has 3 aliphatic rings. The third-order valence-corrected chi connectivity index (χ3v) is 8.64. The average Bonchev–Trinajstić information content (AvgIpc) is 3.40. The van der Waals surface area contributed by atoms with Gasteiger partial charge in [-0.15, -0.1) is 0 Å². The van der Waals surface area contributed by atoms with Crippen molar-refractivity contribution in [2.24, 2.45) is 22.7 Å². The van der Waals surface area contributed by atoms with Gasteiger partial charge < -0.3 is 4.74 Å². The Labute approximate surface area is 216 Å². The van der Waals surface area contributed by atoms with Gasteiger partial charge in [0, 0.05) is 0 Å². The Morgan fingerprint density at radius 3 is 1.81 bits per heavy atom. The number of carbonyl (C=O) groups excluding carboxylic acids is 3. The number of ether oxygens (including phenoxy) is 1. The van der Waals surface area contributed by atoms with E-state index in [-0.39, 0.29) is 17.6 Å². The molecule has 3 aromatic rings. The van der Waals surface area contributed by atoms with Gasteiger partial charge in [-0.25, -0.2) is 4.90 Å². The summed E-state index contributed by atoms with van der Waals surface area (Å²) in [7, 11) is 0. The molecule has 2 aliphatic carbocycles. The van der Waals surface area contributed by atoms with Crippen molar-refractivity contribution in [2.45, 2.75) is 27.2 Å². The molecule has 1 saturated carbocycles. The molecule has 5 heteroatoms. The molecule has 3 aromatic carbocycles. The molecule has 0 radical (unpaired) electrons. The summed E-state index contributed by atoms with van der Waals surface area (Å²) in [6.45, 7) is 6.28. The number of benzene rings is 3. The van der Waals surface area contributed by atoms with E-state index in [1.807, 2.05) is 81.4 Å². The Hall–Kier alpha value is -3.99. The monoisotopic (exact) mass is 491 g/mol. The van der Waals surface area contributed by atoms with Crippen molar-refractivity contribution < 1.29 is 19.1 Å². The molecule has 1 heterocycles. The average molecular weight is 492 g/mol. The fraction of sp³-hybridized carbons (Fsp3) is 0.281. The number of rotatable bonds is 6. The molecule has 0 N–H and O–H groups in total. The molecule has 2 bridgehead atoms. The Morgan fingerprint density at radius 1 is 0.730 bits per heavy atom. The number of ketones is 1. The van der Waals surface area contributed by atoms with Crippen LogP contribution in [-0.2, 0) is 14.4 Å². The quantitative estimate of drug-likeness (QED) is 0.409. The number of Topliss-reactive ketones (excluding diaryl/α,β-unsaturated/α-hetero) is 1. The molecule has 1 saturated heterocycles. The molecular weight excluding hydrogens is 462 g/mol. The van der Waals surface area contributed by atoms with Gasteiger partial charge in [-0.3, -0.25) is 14.4 Å².